The lowest BCUT2D eigenvalue weighted by atomic mass is 10.1. The fourth-order valence-corrected chi connectivity index (χ4v) is 4.68. The number of carbonyl (C=O) groups excluding carboxylic acids is 1. The molecule has 3 aromatic rings. The molecular formula is C22H22N2O2S. The van der Waals surface area contributed by atoms with Crippen LogP contribution in [0.15, 0.2) is 48.5 Å². The number of likely N-dealkylation sites (tertiary alicyclic amines) is 1. The quantitative estimate of drug-likeness (QED) is 0.601. The monoisotopic (exact) mass is 378 g/mol. The highest BCUT2D eigenvalue weighted by atomic mass is 32.1. The van der Waals surface area contributed by atoms with Crippen molar-refractivity contribution in [2.75, 3.05) is 13.7 Å². The fraction of sp³-hybridized carbons (Fsp3) is 0.273. The number of para-hydroxylation sites is 1. The largest absolute Gasteiger partial charge is 0.496 e. The van der Waals surface area contributed by atoms with Crippen LogP contribution in [0.1, 0.15) is 35.0 Å². The predicted octanol–water partition coefficient (Wildman–Crippen LogP) is 4.99. The van der Waals surface area contributed by atoms with Crippen molar-refractivity contribution in [3.05, 3.63) is 64.7 Å². The van der Waals surface area contributed by atoms with Crippen LogP contribution in [0.25, 0.3) is 16.3 Å². The van der Waals surface area contributed by atoms with Gasteiger partial charge in [-0.2, -0.15) is 0 Å². The molecule has 0 spiro atoms. The zero-order valence-corrected chi connectivity index (χ0v) is 16.3. The molecular weight excluding hydrogens is 356 g/mol. The first-order valence-corrected chi connectivity index (χ1v) is 9.96. The summed E-state index contributed by atoms with van der Waals surface area (Å²) in [6.07, 6.45) is 5.48. The van der Waals surface area contributed by atoms with Crippen molar-refractivity contribution in [1.82, 2.24) is 9.88 Å². The van der Waals surface area contributed by atoms with Crippen LogP contribution in [-0.2, 0) is 4.79 Å². The van der Waals surface area contributed by atoms with Crippen LogP contribution in [0.2, 0.25) is 0 Å². The van der Waals surface area contributed by atoms with Crippen LogP contribution in [0.3, 0.4) is 0 Å². The van der Waals surface area contributed by atoms with Crippen LogP contribution in [-0.4, -0.2) is 29.4 Å². The third-order valence-corrected chi connectivity index (χ3v) is 6.06. The van der Waals surface area contributed by atoms with Crippen molar-refractivity contribution in [3.63, 3.8) is 0 Å². The highest BCUT2D eigenvalue weighted by Crippen LogP contribution is 2.36. The number of aryl methyl sites for hydroxylation is 1. The van der Waals surface area contributed by atoms with Crippen LogP contribution in [0.5, 0.6) is 5.75 Å². The molecule has 0 N–H and O–H groups in total. The zero-order chi connectivity index (χ0) is 18.8. The fourth-order valence-electron chi connectivity index (χ4n) is 3.56. The van der Waals surface area contributed by atoms with Gasteiger partial charge in [-0.15, -0.1) is 11.3 Å². The molecule has 2 heterocycles. The van der Waals surface area contributed by atoms with E-state index in [1.54, 1.807) is 24.5 Å². The molecule has 4 rings (SSSR count). The molecule has 0 radical (unpaired) electrons. The lowest BCUT2D eigenvalue weighted by Gasteiger charge is -2.21. The maximum Gasteiger partial charge on any atom is 0.247 e. The normalized spacial score (nSPS) is 17.1. The summed E-state index contributed by atoms with van der Waals surface area (Å²) >= 11 is 1.69. The van der Waals surface area contributed by atoms with E-state index in [-0.39, 0.29) is 11.9 Å². The second kappa shape index (κ2) is 7.53. The molecule has 0 aliphatic carbocycles. The Balaban J connectivity index is 1.56. The molecule has 1 aliphatic heterocycles. The Bertz CT molecular complexity index is 975. The third kappa shape index (κ3) is 3.60. The Kier molecular flexibility index (Phi) is 4.94. The summed E-state index contributed by atoms with van der Waals surface area (Å²) in [6, 6.07) is 14.2. The van der Waals surface area contributed by atoms with Crippen molar-refractivity contribution >= 4 is 33.5 Å². The van der Waals surface area contributed by atoms with Crippen molar-refractivity contribution in [1.29, 1.82) is 0 Å². The molecule has 2 aromatic carbocycles. The van der Waals surface area contributed by atoms with Gasteiger partial charge >= 0.3 is 0 Å². The minimum absolute atomic E-state index is 0.0281. The van der Waals surface area contributed by atoms with Gasteiger partial charge in [0, 0.05) is 18.2 Å². The Morgan fingerprint density at radius 1 is 1.30 bits per heavy atom. The molecule has 4 nitrogen and oxygen atoms in total. The van der Waals surface area contributed by atoms with E-state index in [0.29, 0.717) is 0 Å². The van der Waals surface area contributed by atoms with Crippen LogP contribution in [0, 0.1) is 6.92 Å². The highest BCUT2D eigenvalue weighted by Gasteiger charge is 2.31. The van der Waals surface area contributed by atoms with Crippen molar-refractivity contribution in [2.24, 2.45) is 0 Å². The van der Waals surface area contributed by atoms with E-state index >= 15 is 0 Å². The Morgan fingerprint density at radius 3 is 2.96 bits per heavy atom. The summed E-state index contributed by atoms with van der Waals surface area (Å²) in [5, 5.41) is 1.03. The van der Waals surface area contributed by atoms with Gasteiger partial charge in [0.15, 0.2) is 0 Å². The molecule has 1 aromatic heterocycles. The number of amides is 1. The molecule has 0 bridgehead atoms. The van der Waals surface area contributed by atoms with Gasteiger partial charge < -0.3 is 9.64 Å². The molecule has 138 valence electrons. The van der Waals surface area contributed by atoms with Gasteiger partial charge in [0.2, 0.25) is 5.91 Å². The number of carbonyl (C=O) groups is 1. The Morgan fingerprint density at radius 2 is 2.15 bits per heavy atom. The van der Waals surface area contributed by atoms with Gasteiger partial charge in [-0.1, -0.05) is 23.8 Å². The molecule has 1 unspecified atom stereocenters. The minimum atomic E-state index is 0.0281. The number of aromatic nitrogens is 1. The highest BCUT2D eigenvalue weighted by molar-refractivity contribution is 7.18. The summed E-state index contributed by atoms with van der Waals surface area (Å²) < 4.78 is 6.57. The molecule has 27 heavy (non-hydrogen) atoms. The van der Waals surface area contributed by atoms with E-state index in [9.17, 15) is 4.79 Å². The molecule has 5 heteroatoms. The smallest absolute Gasteiger partial charge is 0.247 e. The zero-order valence-electron chi connectivity index (χ0n) is 15.5. The number of thiazole rings is 1. The van der Waals surface area contributed by atoms with Crippen molar-refractivity contribution in [2.45, 2.75) is 25.8 Å². The Labute approximate surface area is 163 Å². The van der Waals surface area contributed by atoms with Gasteiger partial charge in [0.1, 0.15) is 10.8 Å². The molecule has 1 saturated heterocycles. The van der Waals surface area contributed by atoms with Crippen molar-refractivity contribution < 1.29 is 9.53 Å². The summed E-state index contributed by atoms with van der Waals surface area (Å²) in [6.45, 7) is 2.80. The lowest BCUT2D eigenvalue weighted by Crippen LogP contribution is -2.28. The van der Waals surface area contributed by atoms with Crippen molar-refractivity contribution in [3.8, 4) is 5.75 Å². The Hall–Kier alpha value is -2.66. The van der Waals surface area contributed by atoms with Gasteiger partial charge in [-0.25, -0.2) is 4.98 Å². The van der Waals surface area contributed by atoms with Crippen LogP contribution in [0.4, 0.5) is 0 Å². The summed E-state index contributed by atoms with van der Waals surface area (Å²) in [4.78, 5) is 19.6. The molecule has 0 saturated carbocycles. The van der Waals surface area contributed by atoms with Crippen LogP contribution >= 0.6 is 11.3 Å². The van der Waals surface area contributed by atoms with E-state index < -0.39 is 0 Å². The molecule has 1 aliphatic rings. The molecule has 1 atom stereocenters. The van der Waals surface area contributed by atoms with Gasteiger partial charge in [0.05, 0.1) is 23.4 Å². The van der Waals surface area contributed by atoms with Crippen LogP contribution < -0.4 is 4.74 Å². The van der Waals surface area contributed by atoms with E-state index in [1.165, 1.54) is 4.70 Å². The topological polar surface area (TPSA) is 42.4 Å². The summed E-state index contributed by atoms with van der Waals surface area (Å²) in [5.41, 5.74) is 3.06. The number of hydrogen-bond donors (Lipinski definition) is 0. The first-order valence-electron chi connectivity index (χ1n) is 9.14. The SMILES string of the molecule is COc1ccc(C)cc1C=CC(=O)N1CCCC1c1nc2ccccc2s1. The minimum Gasteiger partial charge on any atom is -0.496 e. The molecule has 1 fully saturated rings. The number of methoxy groups -OCH3 is 1. The predicted molar refractivity (Wildman–Crippen MR) is 110 cm³/mol. The average molecular weight is 378 g/mol. The second-order valence-electron chi connectivity index (χ2n) is 6.79. The maximum absolute atomic E-state index is 12.9. The first kappa shape index (κ1) is 17.7. The summed E-state index contributed by atoms with van der Waals surface area (Å²) in [7, 11) is 1.65. The number of hydrogen-bond acceptors (Lipinski definition) is 4. The standard InChI is InChI=1S/C22H22N2O2S/c1-15-9-11-19(26-2)16(14-15)10-12-21(25)24-13-5-7-18(24)22-23-17-6-3-4-8-20(17)27-22/h3-4,6,8-12,14,18H,5,7,13H2,1-2H3. The number of nitrogens with zero attached hydrogens (tertiary/aromatic N) is 2. The van der Waals surface area contributed by atoms with E-state index in [4.69, 9.17) is 9.72 Å². The summed E-state index contributed by atoms with van der Waals surface area (Å²) in [5.74, 6) is 0.800. The number of ether oxygens (including phenoxy) is 1. The van der Waals surface area contributed by atoms with Gasteiger partial charge in [0.25, 0.3) is 0 Å². The first-order chi connectivity index (χ1) is 13.2. The van der Waals surface area contributed by atoms with E-state index in [1.807, 2.05) is 54.3 Å². The maximum atomic E-state index is 12.9. The number of rotatable bonds is 4. The number of benzene rings is 2. The van der Waals surface area contributed by atoms with E-state index in [2.05, 4.69) is 6.07 Å². The average Bonchev–Trinajstić information content (AvgIpc) is 3.32. The lowest BCUT2D eigenvalue weighted by molar-refractivity contribution is -0.126. The number of fused-ring (bicyclic) bond motifs is 1. The van der Waals surface area contributed by atoms with E-state index in [0.717, 1.165) is 46.8 Å². The van der Waals surface area contributed by atoms with Gasteiger partial charge in [-0.05, 0) is 50.1 Å². The second-order valence-corrected chi connectivity index (χ2v) is 7.85. The van der Waals surface area contributed by atoms with Gasteiger partial charge in [-0.3, -0.25) is 4.79 Å². The third-order valence-electron chi connectivity index (χ3n) is 4.92. The molecule has 1 amide bonds.